The van der Waals surface area contributed by atoms with Crippen molar-refractivity contribution in [3.05, 3.63) is 64.7 Å². The maximum Gasteiger partial charge on any atom is 0.265 e. The van der Waals surface area contributed by atoms with Gasteiger partial charge in [0.1, 0.15) is 9.88 Å². The molecular weight excluding hydrogens is 396 g/mol. The summed E-state index contributed by atoms with van der Waals surface area (Å²) in [4.78, 5) is 20.5. The molecule has 1 aromatic heterocycles. The highest BCUT2D eigenvalue weighted by atomic mass is 32.1. The Hall–Kier alpha value is -2.86. The Labute approximate surface area is 181 Å². The number of nitrogens with zero attached hydrogens (tertiary/aromatic N) is 2. The summed E-state index contributed by atoms with van der Waals surface area (Å²) >= 11 is 1.45. The van der Waals surface area contributed by atoms with Crippen LogP contribution in [0.25, 0.3) is 10.6 Å². The van der Waals surface area contributed by atoms with Crippen molar-refractivity contribution >= 4 is 17.2 Å². The number of ether oxygens (including phenoxy) is 2. The molecule has 1 fully saturated rings. The summed E-state index contributed by atoms with van der Waals surface area (Å²) in [7, 11) is 3.23. The first-order chi connectivity index (χ1) is 14.6. The number of hydrogen-bond donors (Lipinski definition) is 0. The van der Waals surface area contributed by atoms with Crippen molar-refractivity contribution in [3.63, 3.8) is 0 Å². The highest BCUT2D eigenvalue weighted by molar-refractivity contribution is 7.17. The molecule has 0 saturated carbocycles. The number of amides is 1. The van der Waals surface area contributed by atoms with Gasteiger partial charge < -0.3 is 14.4 Å². The number of aromatic nitrogens is 1. The van der Waals surface area contributed by atoms with Gasteiger partial charge in [-0.15, -0.1) is 11.3 Å². The number of carbonyl (C=O) groups is 1. The first-order valence-corrected chi connectivity index (χ1v) is 11.0. The lowest BCUT2D eigenvalue weighted by Gasteiger charge is -2.32. The minimum atomic E-state index is 0.0863. The molecule has 1 amide bonds. The molecule has 6 heteroatoms. The van der Waals surface area contributed by atoms with Crippen LogP contribution in [0.3, 0.4) is 0 Å². The van der Waals surface area contributed by atoms with Crippen LogP contribution in [0.4, 0.5) is 0 Å². The molecule has 0 radical (unpaired) electrons. The maximum atomic E-state index is 13.2. The Morgan fingerprint density at radius 2 is 1.73 bits per heavy atom. The second kappa shape index (κ2) is 8.88. The minimum absolute atomic E-state index is 0.0863. The van der Waals surface area contributed by atoms with Gasteiger partial charge in [-0.05, 0) is 49.4 Å². The van der Waals surface area contributed by atoms with Crippen LogP contribution in [-0.2, 0) is 0 Å². The van der Waals surface area contributed by atoms with E-state index in [0.717, 1.165) is 47.1 Å². The lowest BCUT2D eigenvalue weighted by atomic mass is 9.89. The van der Waals surface area contributed by atoms with Crippen LogP contribution in [0.15, 0.2) is 48.5 Å². The predicted molar refractivity (Wildman–Crippen MR) is 120 cm³/mol. The molecule has 0 atom stereocenters. The Balaban J connectivity index is 1.49. The van der Waals surface area contributed by atoms with E-state index >= 15 is 0 Å². The predicted octanol–water partition coefficient (Wildman–Crippen LogP) is 5.16. The van der Waals surface area contributed by atoms with E-state index in [1.165, 1.54) is 16.9 Å². The summed E-state index contributed by atoms with van der Waals surface area (Å²) < 4.78 is 10.7. The molecule has 1 saturated heterocycles. The summed E-state index contributed by atoms with van der Waals surface area (Å²) in [5.41, 5.74) is 3.07. The van der Waals surface area contributed by atoms with Gasteiger partial charge in [-0.3, -0.25) is 4.79 Å². The second-order valence-corrected chi connectivity index (χ2v) is 8.48. The molecule has 3 aromatic rings. The topological polar surface area (TPSA) is 51.7 Å². The van der Waals surface area contributed by atoms with Gasteiger partial charge in [-0.2, -0.15) is 0 Å². The van der Waals surface area contributed by atoms with Gasteiger partial charge in [0.25, 0.3) is 5.91 Å². The molecule has 156 valence electrons. The van der Waals surface area contributed by atoms with Gasteiger partial charge in [0.15, 0.2) is 11.5 Å². The van der Waals surface area contributed by atoms with E-state index < -0.39 is 0 Å². The smallest absolute Gasteiger partial charge is 0.265 e. The fraction of sp³-hybridized carbons (Fsp3) is 0.333. The molecule has 0 aliphatic carbocycles. The summed E-state index contributed by atoms with van der Waals surface area (Å²) in [5.74, 6) is 1.94. The number of hydrogen-bond acceptors (Lipinski definition) is 5. The van der Waals surface area contributed by atoms with Crippen molar-refractivity contribution in [2.24, 2.45) is 0 Å². The highest BCUT2D eigenvalue weighted by Gasteiger charge is 2.27. The third-order valence-corrected chi connectivity index (χ3v) is 6.87. The van der Waals surface area contributed by atoms with Gasteiger partial charge in [0.2, 0.25) is 0 Å². The molecule has 4 rings (SSSR count). The largest absolute Gasteiger partial charge is 0.493 e. The van der Waals surface area contributed by atoms with E-state index in [9.17, 15) is 4.79 Å². The molecule has 5 nitrogen and oxygen atoms in total. The van der Waals surface area contributed by atoms with Gasteiger partial charge in [0.05, 0.1) is 19.9 Å². The molecule has 2 aromatic carbocycles. The number of likely N-dealkylation sites (tertiary alicyclic amines) is 1. The fourth-order valence-corrected chi connectivity index (χ4v) is 5.00. The maximum absolute atomic E-state index is 13.2. The average molecular weight is 423 g/mol. The zero-order valence-corrected chi connectivity index (χ0v) is 18.4. The van der Waals surface area contributed by atoms with Crippen molar-refractivity contribution in [1.29, 1.82) is 0 Å². The summed E-state index contributed by atoms with van der Waals surface area (Å²) in [5, 5.41) is 0.816. The lowest BCUT2D eigenvalue weighted by Crippen LogP contribution is -2.37. The third-order valence-electron chi connectivity index (χ3n) is 5.67. The van der Waals surface area contributed by atoms with Gasteiger partial charge in [-0.25, -0.2) is 4.98 Å². The van der Waals surface area contributed by atoms with Crippen LogP contribution in [0.2, 0.25) is 0 Å². The second-order valence-electron chi connectivity index (χ2n) is 7.48. The Morgan fingerprint density at radius 1 is 1.03 bits per heavy atom. The number of carbonyl (C=O) groups excluding carboxylic acids is 1. The van der Waals surface area contributed by atoms with E-state index in [0.29, 0.717) is 17.4 Å². The van der Waals surface area contributed by atoms with Crippen LogP contribution in [0.1, 0.15) is 39.7 Å². The number of aryl methyl sites for hydroxylation is 1. The van der Waals surface area contributed by atoms with Crippen LogP contribution in [0.5, 0.6) is 11.5 Å². The van der Waals surface area contributed by atoms with Crippen LogP contribution >= 0.6 is 11.3 Å². The molecule has 0 N–H and O–H groups in total. The summed E-state index contributed by atoms with van der Waals surface area (Å²) in [6, 6.07) is 16.3. The van der Waals surface area contributed by atoms with Crippen LogP contribution in [-0.4, -0.2) is 43.1 Å². The quantitative estimate of drug-likeness (QED) is 0.570. The first-order valence-electron chi connectivity index (χ1n) is 10.1. The van der Waals surface area contributed by atoms with Crippen molar-refractivity contribution < 1.29 is 14.3 Å². The number of methoxy groups -OCH3 is 2. The van der Waals surface area contributed by atoms with Crippen molar-refractivity contribution in [2.45, 2.75) is 25.7 Å². The van der Waals surface area contributed by atoms with Crippen molar-refractivity contribution in [3.8, 4) is 22.1 Å². The number of thiazole rings is 1. The van der Waals surface area contributed by atoms with Gasteiger partial charge >= 0.3 is 0 Å². The SMILES string of the molecule is COc1ccc(-c2nc(C)c(C(=O)N3CCC(c4ccccc4)CC3)s2)cc1OC. The van der Waals surface area contributed by atoms with Crippen molar-refractivity contribution in [2.75, 3.05) is 27.3 Å². The minimum Gasteiger partial charge on any atom is -0.493 e. The molecule has 1 aliphatic rings. The molecule has 0 unspecified atom stereocenters. The third kappa shape index (κ3) is 4.05. The van der Waals surface area contributed by atoms with E-state index in [4.69, 9.17) is 9.47 Å². The number of benzene rings is 2. The van der Waals surface area contributed by atoms with Gasteiger partial charge in [-0.1, -0.05) is 30.3 Å². The summed E-state index contributed by atoms with van der Waals surface area (Å²) in [6.07, 6.45) is 1.99. The lowest BCUT2D eigenvalue weighted by molar-refractivity contribution is 0.0717. The zero-order chi connectivity index (χ0) is 21.1. The first kappa shape index (κ1) is 20.4. The Bertz CT molecular complexity index is 1020. The van der Waals surface area contributed by atoms with Crippen LogP contribution in [0, 0.1) is 6.92 Å². The van der Waals surface area contributed by atoms with Gasteiger partial charge in [0, 0.05) is 18.7 Å². The fourth-order valence-electron chi connectivity index (χ4n) is 3.97. The van der Waals surface area contributed by atoms with E-state index in [1.54, 1.807) is 14.2 Å². The molecule has 2 heterocycles. The standard InChI is InChI=1S/C24H26N2O3S/c1-16-22(30-23(25-16)19-9-10-20(28-2)21(15-19)29-3)24(27)26-13-11-18(12-14-26)17-7-5-4-6-8-17/h4-10,15,18H,11-14H2,1-3H3. The molecular formula is C24H26N2O3S. The van der Waals surface area contributed by atoms with Crippen molar-refractivity contribution in [1.82, 2.24) is 9.88 Å². The normalized spacial score (nSPS) is 14.6. The molecule has 0 bridgehead atoms. The average Bonchev–Trinajstić information content (AvgIpc) is 3.20. The number of piperidine rings is 1. The zero-order valence-electron chi connectivity index (χ0n) is 17.6. The summed E-state index contributed by atoms with van der Waals surface area (Å²) in [6.45, 7) is 3.47. The highest BCUT2D eigenvalue weighted by Crippen LogP contribution is 2.36. The van der Waals surface area contributed by atoms with E-state index in [-0.39, 0.29) is 5.91 Å². The van der Waals surface area contributed by atoms with E-state index in [2.05, 4.69) is 29.2 Å². The monoisotopic (exact) mass is 422 g/mol. The molecule has 0 spiro atoms. The van der Waals surface area contributed by atoms with E-state index in [1.807, 2.05) is 36.1 Å². The molecule has 30 heavy (non-hydrogen) atoms. The Kier molecular flexibility index (Phi) is 6.04. The number of rotatable bonds is 5. The van der Waals surface area contributed by atoms with Crippen LogP contribution < -0.4 is 9.47 Å². The molecule has 1 aliphatic heterocycles. The Morgan fingerprint density at radius 3 is 2.40 bits per heavy atom.